The van der Waals surface area contributed by atoms with Crippen molar-refractivity contribution in [2.24, 2.45) is 5.92 Å². The molecular weight excluding hydrogens is 384 g/mol. The van der Waals surface area contributed by atoms with Crippen LogP contribution in [-0.4, -0.2) is 73.6 Å². The van der Waals surface area contributed by atoms with Gasteiger partial charge in [-0.2, -0.15) is 0 Å². The molecule has 2 fully saturated rings. The summed E-state index contributed by atoms with van der Waals surface area (Å²) in [7, 11) is 2.23. The fourth-order valence-corrected chi connectivity index (χ4v) is 4.86. The molecule has 2 amide bonds. The lowest BCUT2D eigenvalue weighted by atomic mass is 9.99. The summed E-state index contributed by atoms with van der Waals surface area (Å²) in [5.41, 5.74) is 2.22. The quantitative estimate of drug-likeness (QED) is 0.789. The van der Waals surface area contributed by atoms with Crippen LogP contribution < -0.4 is 5.32 Å². The number of carbonyl (C=O) groups is 1. The van der Waals surface area contributed by atoms with Gasteiger partial charge in [-0.15, -0.1) is 0 Å². The minimum atomic E-state index is -0.129. The first-order chi connectivity index (χ1) is 15.2. The van der Waals surface area contributed by atoms with Crippen LogP contribution in [0.25, 0.3) is 0 Å². The highest BCUT2D eigenvalue weighted by Gasteiger charge is 2.26. The Kier molecular flexibility index (Phi) is 7.60. The van der Waals surface area contributed by atoms with Gasteiger partial charge in [0.1, 0.15) is 0 Å². The molecule has 0 bridgehead atoms. The van der Waals surface area contributed by atoms with Crippen LogP contribution in [-0.2, 0) is 0 Å². The van der Waals surface area contributed by atoms with E-state index in [2.05, 4.69) is 46.4 Å². The highest BCUT2D eigenvalue weighted by molar-refractivity contribution is 5.75. The van der Waals surface area contributed by atoms with Crippen LogP contribution in [0.4, 0.5) is 4.79 Å². The van der Waals surface area contributed by atoms with Crippen molar-refractivity contribution in [2.45, 2.75) is 25.3 Å². The molecule has 2 saturated heterocycles. The van der Waals surface area contributed by atoms with Crippen LogP contribution in [0.3, 0.4) is 0 Å². The zero-order valence-corrected chi connectivity index (χ0v) is 18.7. The molecule has 2 aromatic rings. The smallest absolute Gasteiger partial charge is 0.318 e. The molecule has 2 aliphatic heterocycles. The second kappa shape index (κ2) is 10.8. The number of hydrogen-bond donors (Lipinski definition) is 1. The summed E-state index contributed by atoms with van der Waals surface area (Å²) in [5.74, 6) is 0.797. The van der Waals surface area contributed by atoms with Crippen molar-refractivity contribution in [3.8, 4) is 0 Å². The molecule has 1 unspecified atom stereocenters. The number of nitrogens with zero attached hydrogens (tertiary/aromatic N) is 3. The Balaban J connectivity index is 0.00000289. The van der Waals surface area contributed by atoms with Crippen LogP contribution in [0.5, 0.6) is 0 Å². The minimum absolute atomic E-state index is 0. The monoisotopic (exact) mass is 422 g/mol. The first kappa shape index (κ1) is 21.8. The molecule has 4 rings (SSSR count). The molecule has 168 valence electrons. The summed E-state index contributed by atoms with van der Waals surface area (Å²) >= 11 is 0. The number of benzene rings is 2. The fraction of sp³-hybridized carbons (Fsp3) is 0.500. The van der Waals surface area contributed by atoms with E-state index in [0.29, 0.717) is 0 Å². The van der Waals surface area contributed by atoms with Crippen molar-refractivity contribution in [3.63, 3.8) is 0 Å². The lowest BCUT2D eigenvalue weighted by Gasteiger charge is -2.37. The van der Waals surface area contributed by atoms with Crippen LogP contribution in [0.15, 0.2) is 60.7 Å². The lowest BCUT2D eigenvalue weighted by molar-refractivity contribution is 0.123. The van der Waals surface area contributed by atoms with Gasteiger partial charge in [0.05, 0.1) is 6.04 Å². The maximum absolute atomic E-state index is 13.1. The third-order valence-electron chi connectivity index (χ3n) is 6.78. The lowest BCUT2D eigenvalue weighted by Crippen LogP contribution is -2.53. The molecule has 0 spiro atoms. The summed E-state index contributed by atoms with van der Waals surface area (Å²) in [6, 6.07) is 20.4. The molecule has 1 atom stereocenters. The Morgan fingerprint density at radius 1 is 0.903 bits per heavy atom. The van der Waals surface area contributed by atoms with Crippen LogP contribution in [0, 0.1) is 5.92 Å². The third kappa shape index (κ3) is 6.08. The maximum atomic E-state index is 13.1. The van der Waals surface area contributed by atoms with Crippen molar-refractivity contribution in [1.29, 1.82) is 0 Å². The Morgan fingerprint density at radius 2 is 1.52 bits per heavy atom. The van der Waals surface area contributed by atoms with Crippen LogP contribution in [0.1, 0.15) is 37.9 Å². The molecule has 5 heteroatoms. The molecule has 2 heterocycles. The Morgan fingerprint density at radius 3 is 2.13 bits per heavy atom. The molecular formula is C26H38N4O. The van der Waals surface area contributed by atoms with E-state index in [0.717, 1.165) is 43.2 Å². The number of carbonyl (C=O) groups excluding carboxylic acids is 1. The number of hydrogen-bond acceptors (Lipinski definition) is 3. The standard InChI is InChI=1S/C26H36N4O.H2/c1-28-15-8-9-22(14-16-28)21-29-17-19-30(20-18-29)26(31)27-25(23-10-4-2-5-11-23)24-12-6-3-7-13-24;/h2-7,10-13,22,25H,8-9,14-21H2,1H3,(H,27,31);1H. The molecule has 2 aromatic carbocycles. The molecule has 0 aliphatic carbocycles. The van der Waals surface area contributed by atoms with Crippen molar-refractivity contribution in [1.82, 2.24) is 20.0 Å². The first-order valence-electron chi connectivity index (χ1n) is 11.8. The van der Waals surface area contributed by atoms with Crippen molar-refractivity contribution < 1.29 is 6.22 Å². The highest BCUT2D eigenvalue weighted by Crippen LogP contribution is 2.23. The highest BCUT2D eigenvalue weighted by atomic mass is 16.2. The van der Waals surface area contributed by atoms with Crippen molar-refractivity contribution >= 4 is 6.03 Å². The maximum Gasteiger partial charge on any atom is 0.318 e. The van der Waals surface area contributed by atoms with Gasteiger partial charge in [-0.25, -0.2) is 4.79 Å². The summed E-state index contributed by atoms with van der Waals surface area (Å²) < 4.78 is 0. The van der Waals surface area contributed by atoms with E-state index in [1.807, 2.05) is 41.3 Å². The van der Waals surface area contributed by atoms with E-state index >= 15 is 0 Å². The molecule has 0 saturated carbocycles. The largest absolute Gasteiger partial charge is 0.327 e. The zero-order chi connectivity index (χ0) is 21.5. The number of nitrogens with one attached hydrogen (secondary N) is 1. The number of piperazine rings is 1. The van der Waals surface area contributed by atoms with E-state index in [1.165, 1.54) is 38.9 Å². The number of rotatable bonds is 5. The molecule has 31 heavy (non-hydrogen) atoms. The van der Waals surface area contributed by atoms with Gasteiger partial charge >= 0.3 is 6.03 Å². The van der Waals surface area contributed by atoms with Gasteiger partial charge in [-0.1, -0.05) is 60.7 Å². The Hall–Kier alpha value is -2.37. The summed E-state index contributed by atoms with van der Waals surface area (Å²) in [4.78, 5) is 20.1. The van der Waals surface area contributed by atoms with E-state index in [4.69, 9.17) is 0 Å². The third-order valence-corrected chi connectivity index (χ3v) is 6.78. The van der Waals surface area contributed by atoms with Crippen molar-refractivity contribution in [2.75, 3.05) is 52.9 Å². The molecule has 0 aromatic heterocycles. The normalized spacial score (nSPS) is 21.1. The number of amides is 2. The summed E-state index contributed by atoms with van der Waals surface area (Å²) in [6.07, 6.45) is 3.94. The van der Waals surface area contributed by atoms with E-state index in [1.54, 1.807) is 0 Å². The summed E-state index contributed by atoms with van der Waals surface area (Å²) in [5, 5.41) is 3.29. The first-order valence-corrected chi connectivity index (χ1v) is 11.8. The van der Waals surface area contributed by atoms with E-state index in [-0.39, 0.29) is 13.5 Å². The second-order valence-electron chi connectivity index (χ2n) is 9.09. The predicted octanol–water partition coefficient (Wildman–Crippen LogP) is 4.08. The molecule has 2 aliphatic rings. The van der Waals surface area contributed by atoms with Gasteiger partial charge in [0.2, 0.25) is 0 Å². The van der Waals surface area contributed by atoms with E-state index in [9.17, 15) is 4.79 Å². The van der Waals surface area contributed by atoms with Gasteiger partial charge < -0.3 is 15.1 Å². The Bertz CT molecular complexity index is 772. The minimum Gasteiger partial charge on any atom is -0.327 e. The van der Waals surface area contributed by atoms with Crippen LogP contribution >= 0.6 is 0 Å². The van der Waals surface area contributed by atoms with Gasteiger partial charge in [0.15, 0.2) is 0 Å². The number of urea groups is 1. The average molecular weight is 423 g/mol. The van der Waals surface area contributed by atoms with Gasteiger partial charge in [-0.05, 0) is 56.4 Å². The predicted molar refractivity (Wildman–Crippen MR) is 128 cm³/mol. The SMILES string of the molecule is CN1CCCC(CN2CCN(C(=O)NC(c3ccccc3)c3ccccc3)CC2)CC1.[HH]. The summed E-state index contributed by atoms with van der Waals surface area (Å²) in [6.45, 7) is 7.17. The molecule has 5 nitrogen and oxygen atoms in total. The average Bonchev–Trinajstić information content (AvgIpc) is 3.03. The second-order valence-corrected chi connectivity index (χ2v) is 9.09. The van der Waals surface area contributed by atoms with Crippen LogP contribution in [0.2, 0.25) is 0 Å². The Labute approximate surface area is 188 Å². The van der Waals surface area contributed by atoms with Crippen molar-refractivity contribution in [3.05, 3.63) is 71.8 Å². The molecule has 1 N–H and O–H groups in total. The van der Waals surface area contributed by atoms with E-state index < -0.39 is 0 Å². The number of likely N-dealkylation sites (tertiary alicyclic amines) is 1. The molecule has 0 radical (unpaired) electrons. The van der Waals surface area contributed by atoms with Gasteiger partial charge in [-0.3, -0.25) is 4.90 Å². The zero-order valence-electron chi connectivity index (χ0n) is 18.7. The van der Waals surface area contributed by atoms with Gasteiger partial charge in [0.25, 0.3) is 0 Å². The fourth-order valence-electron chi connectivity index (χ4n) is 4.86. The van der Waals surface area contributed by atoms with Gasteiger partial charge in [0, 0.05) is 34.2 Å². The topological polar surface area (TPSA) is 38.8 Å².